The van der Waals surface area contributed by atoms with Crippen molar-refractivity contribution in [2.45, 2.75) is 114 Å². The molecular weight excluding hydrogens is 395 g/mol. The van der Waals surface area contributed by atoms with Crippen LogP contribution in [0, 0.1) is 0 Å². The first-order chi connectivity index (χ1) is 15.0. The fourth-order valence-corrected chi connectivity index (χ4v) is 9.97. The maximum atomic E-state index is 4.10. The molecule has 1 unspecified atom stereocenters. The molecule has 0 amide bonds. The minimum atomic E-state index is -0.0864. The maximum Gasteiger partial charge on any atom is 0.0784 e. The summed E-state index contributed by atoms with van der Waals surface area (Å²) in [6.45, 7) is 7.98. The zero-order valence-electron chi connectivity index (χ0n) is 20.0. The van der Waals surface area contributed by atoms with Crippen LogP contribution in [-0.2, 0) is 6.54 Å². The van der Waals surface area contributed by atoms with Crippen molar-refractivity contribution in [3.05, 3.63) is 48.0 Å². The molecule has 2 aliphatic rings. The van der Waals surface area contributed by atoms with Crippen LogP contribution < -0.4 is 10.6 Å². The van der Waals surface area contributed by atoms with E-state index in [4.69, 9.17) is 0 Å². The van der Waals surface area contributed by atoms with Crippen molar-refractivity contribution in [3.63, 3.8) is 0 Å². The van der Waals surface area contributed by atoms with E-state index in [-0.39, 0.29) is 13.5 Å². The number of fused-ring (bicyclic) bond motifs is 1. The molecule has 0 aromatic heterocycles. The maximum absolute atomic E-state index is 4.10. The van der Waals surface area contributed by atoms with E-state index in [0.29, 0.717) is 5.91 Å². The topological polar surface area (TPSA) is 24.1 Å². The van der Waals surface area contributed by atoms with Gasteiger partial charge in [0.25, 0.3) is 0 Å². The number of hydrogen-bond acceptors (Lipinski definition) is 2. The van der Waals surface area contributed by atoms with Crippen molar-refractivity contribution < 1.29 is 0 Å². The smallest absolute Gasteiger partial charge is 0.0784 e. The first-order valence-corrected chi connectivity index (χ1v) is 14.3. The first kappa shape index (κ1) is 23.2. The Morgan fingerprint density at radius 2 is 1.39 bits per heavy atom. The van der Waals surface area contributed by atoms with Crippen molar-refractivity contribution in [2.75, 3.05) is 0 Å². The van der Waals surface area contributed by atoms with Gasteiger partial charge in [-0.1, -0.05) is 88.9 Å². The fraction of sp³-hybridized carbons (Fsp3) is 0.643. The summed E-state index contributed by atoms with van der Waals surface area (Å²) >= 11 is 0. The molecule has 0 radical (unpaired) electrons. The van der Waals surface area contributed by atoms with E-state index >= 15 is 0 Å². The SMILES string of the molecule is CC(C)(C)NC(NCc1cccc2ccccc12)P(C1CCCCC1)C1CCCCC1. The van der Waals surface area contributed by atoms with Gasteiger partial charge >= 0.3 is 0 Å². The lowest BCUT2D eigenvalue weighted by atomic mass is 9.99. The Kier molecular flexibility index (Phi) is 8.07. The molecule has 2 nitrogen and oxygen atoms in total. The van der Waals surface area contributed by atoms with E-state index < -0.39 is 0 Å². The Labute approximate surface area is 191 Å². The monoisotopic (exact) mass is 438 g/mol. The number of nitrogens with one attached hydrogen (secondary N) is 2. The number of hydrogen-bond donors (Lipinski definition) is 2. The molecule has 2 fully saturated rings. The molecule has 4 rings (SSSR count). The van der Waals surface area contributed by atoms with Gasteiger partial charge in [-0.15, -0.1) is 0 Å². The van der Waals surface area contributed by atoms with Crippen LogP contribution in [0.2, 0.25) is 0 Å². The standard InChI is InChI=1S/C28H43N2P/c1-28(2,3)30-27(29-21-23-15-12-14-22-13-10-11-20-26(22)23)31(24-16-6-4-7-17-24)25-18-8-5-9-19-25/h10-15,20,24-25,27,29-30H,4-9,16-19,21H2,1-3H3. The minimum absolute atomic E-state index is 0.0864. The van der Waals surface area contributed by atoms with Gasteiger partial charge in [0.05, 0.1) is 5.91 Å². The van der Waals surface area contributed by atoms with Gasteiger partial charge in [-0.2, -0.15) is 0 Å². The van der Waals surface area contributed by atoms with Gasteiger partial charge in [0, 0.05) is 12.1 Å². The minimum Gasteiger partial charge on any atom is -0.294 e. The van der Waals surface area contributed by atoms with E-state index in [9.17, 15) is 0 Å². The van der Waals surface area contributed by atoms with Gasteiger partial charge in [0.1, 0.15) is 0 Å². The quantitative estimate of drug-likeness (QED) is 0.341. The Balaban J connectivity index is 1.59. The lowest BCUT2D eigenvalue weighted by Crippen LogP contribution is -2.52. The third-order valence-electron chi connectivity index (χ3n) is 7.23. The van der Waals surface area contributed by atoms with E-state index in [0.717, 1.165) is 17.9 Å². The van der Waals surface area contributed by atoms with E-state index in [1.165, 1.54) is 80.5 Å². The Hall–Kier alpha value is -0.950. The lowest BCUT2D eigenvalue weighted by Gasteiger charge is -2.45. The molecule has 31 heavy (non-hydrogen) atoms. The molecule has 0 spiro atoms. The largest absolute Gasteiger partial charge is 0.294 e. The van der Waals surface area contributed by atoms with Crippen molar-refractivity contribution in [2.24, 2.45) is 0 Å². The molecule has 3 heteroatoms. The van der Waals surface area contributed by atoms with E-state index in [1.54, 1.807) is 0 Å². The Bertz CT molecular complexity index is 792. The molecular formula is C28H43N2P. The van der Waals surface area contributed by atoms with Crippen molar-refractivity contribution >= 4 is 18.7 Å². The summed E-state index contributed by atoms with van der Waals surface area (Å²) in [7, 11) is -0.0864. The highest BCUT2D eigenvalue weighted by Gasteiger charge is 2.37. The third kappa shape index (κ3) is 6.31. The highest BCUT2D eigenvalue weighted by molar-refractivity contribution is 7.59. The van der Waals surface area contributed by atoms with Crippen LogP contribution >= 0.6 is 7.92 Å². The van der Waals surface area contributed by atoms with Crippen LogP contribution in [-0.4, -0.2) is 22.8 Å². The van der Waals surface area contributed by atoms with Crippen LogP contribution in [0.4, 0.5) is 0 Å². The molecule has 0 saturated heterocycles. The van der Waals surface area contributed by atoms with Crippen LogP contribution in [0.1, 0.15) is 90.5 Å². The molecule has 1 atom stereocenters. The second-order valence-electron chi connectivity index (χ2n) is 10.8. The highest BCUT2D eigenvalue weighted by Crippen LogP contribution is 2.57. The number of benzene rings is 2. The fourth-order valence-electron chi connectivity index (χ4n) is 5.77. The van der Waals surface area contributed by atoms with Gasteiger partial charge in [-0.25, -0.2) is 0 Å². The lowest BCUT2D eigenvalue weighted by molar-refractivity contribution is 0.369. The van der Waals surface area contributed by atoms with Gasteiger partial charge in [-0.3, -0.25) is 10.6 Å². The predicted octanol–water partition coefficient (Wildman–Crippen LogP) is 7.75. The molecule has 2 aromatic carbocycles. The Morgan fingerprint density at radius 3 is 2.00 bits per heavy atom. The molecule has 2 aromatic rings. The van der Waals surface area contributed by atoms with Crippen LogP contribution in [0.15, 0.2) is 42.5 Å². The van der Waals surface area contributed by atoms with Gasteiger partial charge in [-0.05, 0) is 74.1 Å². The number of rotatable bonds is 7. The summed E-state index contributed by atoms with van der Waals surface area (Å²) in [5.74, 6) is 0.445. The zero-order chi connectivity index (χ0) is 21.7. The second-order valence-corrected chi connectivity index (χ2v) is 13.7. The van der Waals surface area contributed by atoms with Gasteiger partial charge < -0.3 is 0 Å². The Morgan fingerprint density at radius 1 is 0.806 bits per heavy atom. The third-order valence-corrected chi connectivity index (χ3v) is 10.9. The van der Waals surface area contributed by atoms with Crippen molar-refractivity contribution in [1.82, 2.24) is 10.6 Å². The van der Waals surface area contributed by atoms with Crippen LogP contribution in [0.5, 0.6) is 0 Å². The molecule has 0 bridgehead atoms. The summed E-state index contributed by atoms with van der Waals surface area (Å²) in [5, 5.41) is 10.9. The summed E-state index contributed by atoms with van der Waals surface area (Å²) in [6.07, 6.45) is 14.5. The van der Waals surface area contributed by atoms with Gasteiger partial charge in [0.15, 0.2) is 0 Å². The molecule has 2 N–H and O–H groups in total. The molecule has 170 valence electrons. The summed E-state index contributed by atoms with van der Waals surface area (Å²) in [5.41, 5.74) is 3.43. The zero-order valence-corrected chi connectivity index (χ0v) is 20.9. The first-order valence-electron chi connectivity index (χ1n) is 12.8. The van der Waals surface area contributed by atoms with Crippen molar-refractivity contribution in [1.29, 1.82) is 0 Å². The molecule has 0 heterocycles. The molecule has 0 aliphatic heterocycles. The van der Waals surface area contributed by atoms with Crippen LogP contribution in [0.25, 0.3) is 10.8 Å². The van der Waals surface area contributed by atoms with E-state index in [2.05, 4.69) is 73.9 Å². The summed E-state index contributed by atoms with van der Waals surface area (Å²) < 4.78 is 0. The predicted molar refractivity (Wildman–Crippen MR) is 138 cm³/mol. The summed E-state index contributed by atoms with van der Waals surface area (Å²) in [4.78, 5) is 0. The highest BCUT2D eigenvalue weighted by atomic mass is 31.1. The summed E-state index contributed by atoms with van der Waals surface area (Å²) in [6, 6.07) is 15.6. The molecule has 2 saturated carbocycles. The second kappa shape index (κ2) is 10.8. The van der Waals surface area contributed by atoms with Crippen molar-refractivity contribution in [3.8, 4) is 0 Å². The van der Waals surface area contributed by atoms with Gasteiger partial charge in [0.2, 0.25) is 0 Å². The van der Waals surface area contributed by atoms with E-state index in [1.807, 2.05) is 0 Å². The normalized spacial score (nSPS) is 20.4. The average Bonchev–Trinajstić information content (AvgIpc) is 2.78. The van der Waals surface area contributed by atoms with Crippen LogP contribution in [0.3, 0.4) is 0 Å². The average molecular weight is 439 g/mol. The molecule has 2 aliphatic carbocycles.